The number of carbonyl (C=O) groups is 3. The van der Waals surface area contributed by atoms with Crippen molar-refractivity contribution in [3.05, 3.63) is 35.4 Å². The molecule has 0 bridgehead atoms. The van der Waals surface area contributed by atoms with Gasteiger partial charge < -0.3 is 15.3 Å². The molecule has 0 aliphatic carbocycles. The Morgan fingerprint density at radius 2 is 1.90 bits per heavy atom. The number of carbonyl (C=O) groups excluding carboxylic acids is 2. The highest BCUT2D eigenvalue weighted by Gasteiger charge is 2.15. The SMILES string of the molecule is CCN(C)C(=O)c1cccc(C(=O)NCC(C)C(=O)O)c1. The molecule has 0 aliphatic rings. The highest BCUT2D eigenvalue weighted by molar-refractivity contribution is 5.99. The summed E-state index contributed by atoms with van der Waals surface area (Å²) >= 11 is 0. The van der Waals surface area contributed by atoms with Gasteiger partial charge in [0.05, 0.1) is 5.92 Å². The number of benzene rings is 1. The molecule has 1 rings (SSSR count). The van der Waals surface area contributed by atoms with Gasteiger partial charge in [0.2, 0.25) is 0 Å². The number of nitrogens with zero attached hydrogens (tertiary/aromatic N) is 1. The minimum Gasteiger partial charge on any atom is -0.481 e. The van der Waals surface area contributed by atoms with Crippen molar-refractivity contribution in [2.24, 2.45) is 5.92 Å². The van der Waals surface area contributed by atoms with Crippen LogP contribution < -0.4 is 5.32 Å². The third-order valence-corrected chi connectivity index (χ3v) is 3.18. The van der Waals surface area contributed by atoms with Crippen molar-refractivity contribution in [2.45, 2.75) is 13.8 Å². The topological polar surface area (TPSA) is 86.7 Å². The van der Waals surface area contributed by atoms with Gasteiger partial charge in [-0.25, -0.2) is 0 Å². The second-order valence-corrected chi connectivity index (χ2v) is 4.85. The molecule has 1 aromatic rings. The molecule has 114 valence electrons. The van der Waals surface area contributed by atoms with Crippen molar-refractivity contribution >= 4 is 17.8 Å². The van der Waals surface area contributed by atoms with E-state index >= 15 is 0 Å². The summed E-state index contributed by atoms with van der Waals surface area (Å²) in [5.41, 5.74) is 0.765. The first kappa shape index (κ1) is 16.7. The molecule has 0 fully saturated rings. The highest BCUT2D eigenvalue weighted by Crippen LogP contribution is 2.08. The molecule has 0 heterocycles. The first-order valence-electron chi connectivity index (χ1n) is 6.73. The molecular weight excluding hydrogens is 272 g/mol. The summed E-state index contributed by atoms with van der Waals surface area (Å²) in [7, 11) is 1.68. The van der Waals surface area contributed by atoms with Crippen molar-refractivity contribution < 1.29 is 19.5 Å². The zero-order chi connectivity index (χ0) is 16.0. The number of carboxylic acids is 1. The van der Waals surface area contributed by atoms with Gasteiger partial charge in [-0.05, 0) is 25.1 Å². The number of amides is 2. The molecule has 6 nitrogen and oxygen atoms in total. The van der Waals surface area contributed by atoms with Crippen LogP contribution in [0.4, 0.5) is 0 Å². The second-order valence-electron chi connectivity index (χ2n) is 4.85. The predicted molar refractivity (Wildman–Crippen MR) is 78.2 cm³/mol. The standard InChI is InChI=1S/C15H20N2O4/c1-4-17(3)14(19)12-7-5-6-11(8-12)13(18)16-9-10(2)15(20)21/h5-8,10H,4,9H2,1-3H3,(H,16,18)(H,20,21). The predicted octanol–water partition coefficient (Wildman–Crippen LogP) is 1.23. The fourth-order valence-electron chi connectivity index (χ4n) is 1.59. The van der Waals surface area contributed by atoms with Gasteiger partial charge >= 0.3 is 5.97 Å². The Morgan fingerprint density at radius 3 is 2.48 bits per heavy atom. The molecule has 2 N–H and O–H groups in total. The summed E-state index contributed by atoms with van der Waals surface area (Å²) < 4.78 is 0. The summed E-state index contributed by atoms with van der Waals surface area (Å²) in [5.74, 6) is -2.18. The van der Waals surface area contributed by atoms with E-state index in [1.807, 2.05) is 6.92 Å². The van der Waals surface area contributed by atoms with Crippen LogP contribution >= 0.6 is 0 Å². The van der Waals surface area contributed by atoms with Crippen LogP contribution in [0.5, 0.6) is 0 Å². The lowest BCUT2D eigenvalue weighted by Gasteiger charge is -2.15. The van der Waals surface area contributed by atoms with Crippen LogP contribution in [0, 0.1) is 5.92 Å². The average Bonchev–Trinajstić information content (AvgIpc) is 2.50. The van der Waals surface area contributed by atoms with Crippen LogP contribution in [-0.4, -0.2) is 47.9 Å². The minimum atomic E-state index is -0.969. The maximum atomic E-state index is 12.0. The van der Waals surface area contributed by atoms with E-state index in [9.17, 15) is 14.4 Å². The van der Waals surface area contributed by atoms with Crippen LogP contribution in [0.1, 0.15) is 34.6 Å². The molecule has 1 unspecified atom stereocenters. The molecule has 6 heteroatoms. The molecule has 0 aliphatic heterocycles. The van der Waals surface area contributed by atoms with Crippen LogP contribution in [-0.2, 0) is 4.79 Å². The number of nitrogens with one attached hydrogen (secondary N) is 1. The Balaban J connectivity index is 2.78. The van der Waals surface area contributed by atoms with E-state index in [4.69, 9.17) is 5.11 Å². The lowest BCUT2D eigenvalue weighted by Crippen LogP contribution is -2.32. The van der Waals surface area contributed by atoms with E-state index in [0.717, 1.165) is 0 Å². The van der Waals surface area contributed by atoms with Crippen molar-refractivity contribution in [2.75, 3.05) is 20.1 Å². The van der Waals surface area contributed by atoms with Crippen molar-refractivity contribution in [1.82, 2.24) is 10.2 Å². The molecule has 0 aromatic heterocycles. The van der Waals surface area contributed by atoms with Gasteiger partial charge in [0, 0.05) is 31.3 Å². The van der Waals surface area contributed by atoms with E-state index in [1.165, 1.54) is 13.0 Å². The fourth-order valence-corrected chi connectivity index (χ4v) is 1.59. The van der Waals surface area contributed by atoms with Crippen LogP contribution in [0.3, 0.4) is 0 Å². The van der Waals surface area contributed by atoms with Gasteiger partial charge in [-0.3, -0.25) is 14.4 Å². The molecule has 0 spiro atoms. The Hall–Kier alpha value is -2.37. The van der Waals surface area contributed by atoms with Crippen molar-refractivity contribution in [3.8, 4) is 0 Å². The number of carboxylic acid groups (broad SMARTS) is 1. The monoisotopic (exact) mass is 292 g/mol. The van der Waals surface area contributed by atoms with Gasteiger partial charge in [0.25, 0.3) is 11.8 Å². The summed E-state index contributed by atoms with van der Waals surface area (Å²) in [6.07, 6.45) is 0. The van der Waals surface area contributed by atoms with E-state index in [0.29, 0.717) is 17.7 Å². The lowest BCUT2D eigenvalue weighted by molar-refractivity contribution is -0.140. The molecule has 1 aromatic carbocycles. The van der Waals surface area contributed by atoms with E-state index in [-0.39, 0.29) is 12.5 Å². The van der Waals surface area contributed by atoms with E-state index < -0.39 is 17.8 Å². The highest BCUT2D eigenvalue weighted by atomic mass is 16.4. The van der Waals surface area contributed by atoms with Crippen molar-refractivity contribution in [3.63, 3.8) is 0 Å². The summed E-state index contributed by atoms with van der Waals surface area (Å²) in [5, 5.41) is 11.3. The summed E-state index contributed by atoms with van der Waals surface area (Å²) in [6.45, 7) is 3.99. The van der Waals surface area contributed by atoms with Gasteiger partial charge in [-0.2, -0.15) is 0 Å². The van der Waals surface area contributed by atoms with Gasteiger partial charge in [0.1, 0.15) is 0 Å². The molecule has 0 saturated carbocycles. The first-order valence-corrected chi connectivity index (χ1v) is 6.73. The Morgan fingerprint density at radius 1 is 1.29 bits per heavy atom. The maximum absolute atomic E-state index is 12.0. The summed E-state index contributed by atoms with van der Waals surface area (Å²) in [4.78, 5) is 36.2. The fraction of sp³-hybridized carbons (Fsp3) is 0.400. The lowest BCUT2D eigenvalue weighted by atomic mass is 10.1. The van der Waals surface area contributed by atoms with Gasteiger partial charge in [0.15, 0.2) is 0 Å². The number of rotatable bonds is 6. The quantitative estimate of drug-likeness (QED) is 0.825. The second kappa shape index (κ2) is 7.42. The Labute approximate surface area is 123 Å². The molecule has 1 atom stereocenters. The van der Waals surface area contributed by atoms with E-state index in [1.54, 1.807) is 30.1 Å². The molecule has 0 radical (unpaired) electrons. The maximum Gasteiger partial charge on any atom is 0.308 e. The molecular formula is C15H20N2O4. The van der Waals surface area contributed by atoms with Crippen molar-refractivity contribution in [1.29, 1.82) is 0 Å². The third-order valence-electron chi connectivity index (χ3n) is 3.18. The zero-order valence-corrected chi connectivity index (χ0v) is 12.4. The molecule has 21 heavy (non-hydrogen) atoms. The van der Waals surface area contributed by atoms with E-state index in [2.05, 4.69) is 5.32 Å². The first-order chi connectivity index (χ1) is 9.86. The number of hydrogen-bond donors (Lipinski definition) is 2. The average molecular weight is 292 g/mol. The molecule has 0 saturated heterocycles. The largest absolute Gasteiger partial charge is 0.481 e. The Kier molecular flexibility index (Phi) is 5.90. The van der Waals surface area contributed by atoms with Gasteiger partial charge in [-0.15, -0.1) is 0 Å². The number of aliphatic carboxylic acids is 1. The van der Waals surface area contributed by atoms with Crippen LogP contribution in [0.25, 0.3) is 0 Å². The number of hydrogen-bond acceptors (Lipinski definition) is 3. The summed E-state index contributed by atoms with van der Waals surface area (Å²) in [6, 6.07) is 6.37. The molecule has 2 amide bonds. The zero-order valence-electron chi connectivity index (χ0n) is 12.4. The van der Waals surface area contributed by atoms with Crippen LogP contribution in [0.2, 0.25) is 0 Å². The normalized spacial score (nSPS) is 11.6. The smallest absolute Gasteiger partial charge is 0.308 e. The van der Waals surface area contributed by atoms with Gasteiger partial charge in [-0.1, -0.05) is 13.0 Å². The minimum absolute atomic E-state index is 0.0429. The third kappa shape index (κ3) is 4.59. The van der Waals surface area contributed by atoms with Crippen LogP contribution in [0.15, 0.2) is 24.3 Å². The Bertz CT molecular complexity index is 542.